The molecule has 0 bridgehead atoms. The summed E-state index contributed by atoms with van der Waals surface area (Å²) in [4.78, 5) is 11.1. The second-order valence-electron chi connectivity index (χ2n) is 3.10. The van der Waals surface area contributed by atoms with Crippen molar-refractivity contribution in [2.45, 2.75) is 45.3 Å². The molecule has 2 unspecified atom stereocenters. The average Bonchev–Trinajstić information content (AvgIpc) is 1.86. The Bertz CT molecular complexity index is 138. The van der Waals surface area contributed by atoms with Crippen LogP contribution < -0.4 is 0 Å². The fourth-order valence-corrected chi connectivity index (χ4v) is 0.685. The van der Waals surface area contributed by atoms with E-state index in [9.17, 15) is 9.90 Å². The molecule has 3 nitrogen and oxygen atoms in total. The Morgan fingerprint density at radius 2 is 2.09 bits per heavy atom. The molecule has 0 fully saturated rings. The summed E-state index contributed by atoms with van der Waals surface area (Å²) in [6, 6.07) is 0. The molecule has 66 valence electrons. The zero-order valence-corrected chi connectivity index (χ0v) is 7.29. The number of carbonyl (C=O) groups excluding carboxylic acids is 1. The van der Waals surface area contributed by atoms with Crippen molar-refractivity contribution in [3.8, 4) is 0 Å². The van der Waals surface area contributed by atoms with Gasteiger partial charge in [0.2, 0.25) is 0 Å². The van der Waals surface area contributed by atoms with Gasteiger partial charge >= 0.3 is 0 Å². The highest BCUT2D eigenvalue weighted by Crippen LogP contribution is 2.12. The van der Waals surface area contributed by atoms with E-state index in [4.69, 9.17) is 5.11 Å². The normalized spacial score (nSPS) is 19.0. The van der Waals surface area contributed by atoms with E-state index in [1.165, 1.54) is 13.8 Å². The summed E-state index contributed by atoms with van der Waals surface area (Å²) < 4.78 is 0. The second-order valence-corrected chi connectivity index (χ2v) is 3.10. The van der Waals surface area contributed by atoms with Crippen LogP contribution in [0.4, 0.5) is 0 Å². The van der Waals surface area contributed by atoms with Crippen molar-refractivity contribution in [3.63, 3.8) is 0 Å². The summed E-state index contributed by atoms with van der Waals surface area (Å²) in [5.74, 6) is -0.296. The zero-order chi connectivity index (χ0) is 9.07. The van der Waals surface area contributed by atoms with E-state index in [1.807, 2.05) is 0 Å². The predicted molar refractivity (Wildman–Crippen MR) is 42.2 cm³/mol. The summed E-state index contributed by atoms with van der Waals surface area (Å²) in [5.41, 5.74) is -1.27. The van der Waals surface area contributed by atoms with E-state index in [1.54, 1.807) is 6.92 Å². The molecular formula is C8H16O3. The minimum Gasteiger partial charge on any atom is -0.393 e. The lowest BCUT2D eigenvalue weighted by Gasteiger charge is -2.19. The van der Waals surface area contributed by atoms with Gasteiger partial charge in [-0.2, -0.15) is 0 Å². The van der Waals surface area contributed by atoms with Gasteiger partial charge in [-0.15, -0.1) is 0 Å². The topological polar surface area (TPSA) is 57.5 Å². The number of carbonyl (C=O) groups is 1. The third kappa shape index (κ3) is 3.49. The molecule has 0 spiro atoms. The van der Waals surface area contributed by atoms with E-state index in [2.05, 4.69) is 0 Å². The van der Waals surface area contributed by atoms with Gasteiger partial charge in [-0.1, -0.05) is 6.92 Å². The molecule has 0 radical (unpaired) electrons. The van der Waals surface area contributed by atoms with Crippen molar-refractivity contribution in [2.24, 2.45) is 0 Å². The maximum absolute atomic E-state index is 11.1. The highest BCUT2D eigenvalue weighted by atomic mass is 16.3. The Balaban J connectivity index is 4.02. The summed E-state index contributed by atoms with van der Waals surface area (Å²) in [7, 11) is 0. The Morgan fingerprint density at radius 3 is 2.36 bits per heavy atom. The molecule has 0 aliphatic rings. The maximum Gasteiger partial charge on any atom is 0.166 e. The van der Waals surface area contributed by atoms with E-state index in [0.29, 0.717) is 6.42 Å². The van der Waals surface area contributed by atoms with Crippen molar-refractivity contribution in [2.75, 3.05) is 0 Å². The highest BCUT2D eigenvalue weighted by Gasteiger charge is 2.27. The van der Waals surface area contributed by atoms with Crippen LogP contribution in [-0.4, -0.2) is 27.7 Å². The van der Waals surface area contributed by atoms with Gasteiger partial charge in [-0.3, -0.25) is 4.79 Å². The lowest BCUT2D eigenvalue weighted by Crippen LogP contribution is -2.35. The monoisotopic (exact) mass is 160 g/mol. The van der Waals surface area contributed by atoms with E-state index in [0.717, 1.165) is 0 Å². The molecule has 3 heteroatoms. The third-order valence-electron chi connectivity index (χ3n) is 1.77. The van der Waals surface area contributed by atoms with Crippen molar-refractivity contribution >= 4 is 5.78 Å². The van der Waals surface area contributed by atoms with Crippen LogP contribution in [-0.2, 0) is 4.79 Å². The summed E-state index contributed by atoms with van der Waals surface area (Å²) in [6.07, 6.45) is -0.250. The van der Waals surface area contributed by atoms with Crippen LogP contribution in [0.5, 0.6) is 0 Å². The van der Waals surface area contributed by atoms with Crippen LogP contribution in [0.1, 0.15) is 33.6 Å². The van der Waals surface area contributed by atoms with Gasteiger partial charge < -0.3 is 10.2 Å². The molecule has 11 heavy (non-hydrogen) atoms. The quantitative estimate of drug-likeness (QED) is 0.629. The Kier molecular flexibility index (Phi) is 3.69. The lowest BCUT2D eigenvalue weighted by molar-refractivity contribution is -0.137. The molecule has 0 saturated carbocycles. The molecule has 0 aromatic rings. The molecule has 0 aliphatic carbocycles. The first kappa shape index (κ1) is 10.6. The molecule has 0 saturated heterocycles. The summed E-state index contributed by atoms with van der Waals surface area (Å²) in [6.45, 7) is 4.74. The van der Waals surface area contributed by atoms with Gasteiger partial charge in [0, 0.05) is 6.42 Å². The van der Waals surface area contributed by atoms with E-state index >= 15 is 0 Å². The second kappa shape index (κ2) is 3.83. The molecule has 0 heterocycles. The van der Waals surface area contributed by atoms with Crippen LogP contribution >= 0.6 is 0 Å². The number of aliphatic hydroxyl groups is 2. The Hall–Kier alpha value is -0.410. The third-order valence-corrected chi connectivity index (χ3v) is 1.77. The number of Topliss-reactive ketones (excluding diaryl/α,β-unsaturated/α-hetero) is 1. The summed E-state index contributed by atoms with van der Waals surface area (Å²) >= 11 is 0. The average molecular weight is 160 g/mol. The van der Waals surface area contributed by atoms with Gasteiger partial charge in [0.25, 0.3) is 0 Å². The minimum absolute atomic E-state index is 0.0286. The number of rotatable bonds is 4. The van der Waals surface area contributed by atoms with Gasteiger partial charge in [0.05, 0.1) is 6.10 Å². The van der Waals surface area contributed by atoms with E-state index in [-0.39, 0.29) is 12.2 Å². The minimum atomic E-state index is -1.27. The Labute approximate surface area is 67.0 Å². The molecule has 0 aliphatic heterocycles. The standard InChI is InChI=1S/C8H16O3/c1-4-8(3,11)7(10)5-6(2)9/h6,9,11H,4-5H2,1-3H3. The molecule has 0 aromatic carbocycles. The van der Waals surface area contributed by atoms with Crippen molar-refractivity contribution in [3.05, 3.63) is 0 Å². The smallest absolute Gasteiger partial charge is 0.166 e. The van der Waals surface area contributed by atoms with Gasteiger partial charge in [0.1, 0.15) is 5.60 Å². The van der Waals surface area contributed by atoms with Gasteiger partial charge in [-0.25, -0.2) is 0 Å². The first-order chi connectivity index (χ1) is 4.90. The van der Waals surface area contributed by atoms with Gasteiger partial charge in [0.15, 0.2) is 5.78 Å². The fraction of sp³-hybridized carbons (Fsp3) is 0.875. The maximum atomic E-state index is 11.1. The molecule has 0 rings (SSSR count). The van der Waals surface area contributed by atoms with Crippen LogP contribution in [0, 0.1) is 0 Å². The molecular weight excluding hydrogens is 144 g/mol. The first-order valence-electron chi connectivity index (χ1n) is 3.84. The zero-order valence-electron chi connectivity index (χ0n) is 7.29. The van der Waals surface area contributed by atoms with Crippen molar-refractivity contribution in [1.82, 2.24) is 0 Å². The summed E-state index contributed by atoms with van der Waals surface area (Å²) in [5, 5.41) is 18.2. The predicted octanol–water partition coefficient (Wildman–Crippen LogP) is 0.487. The van der Waals surface area contributed by atoms with Crippen molar-refractivity contribution in [1.29, 1.82) is 0 Å². The van der Waals surface area contributed by atoms with Crippen LogP contribution in [0.25, 0.3) is 0 Å². The Morgan fingerprint density at radius 1 is 1.64 bits per heavy atom. The fourth-order valence-electron chi connectivity index (χ4n) is 0.685. The number of ketones is 1. The van der Waals surface area contributed by atoms with Gasteiger partial charge in [-0.05, 0) is 20.3 Å². The molecule has 0 amide bonds. The lowest BCUT2D eigenvalue weighted by atomic mass is 9.94. The first-order valence-corrected chi connectivity index (χ1v) is 3.84. The van der Waals surface area contributed by atoms with Crippen molar-refractivity contribution < 1.29 is 15.0 Å². The number of aliphatic hydroxyl groups excluding tert-OH is 1. The van der Waals surface area contributed by atoms with E-state index < -0.39 is 11.7 Å². The molecule has 0 aromatic heterocycles. The SMILES string of the molecule is CCC(C)(O)C(=O)CC(C)O. The number of hydrogen-bond acceptors (Lipinski definition) is 3. The molecule has 2 N–H and O–H groups in total. The number of hydrogen-bond donors (Lipinski definition) is 2. The highest BCUT2D eigenvalue weighted by molar-refractivity contribution is 5.86. The largest absolute Gasteiger partial charge is 0.393 e. The van der Waals surface area contributed by atoms with Crippen LogP contribution in [0.15, 0.2) is 0 Å². The van der Waals surface area contributed by atoms with Crippen LogP contribution in [0.2, 0.25) is 0 Å². The van der Waals surface area contributed by atoms with Crippen LogP contribution in [0.3, 0.4) is 0 Å². The molecule has 2 atom stereocenters.